The van der Waals surface area contributed by atoms with Gasteiger partial charge < -0.3 is 5.73 Å². The number of hydrogen-bond acceptors (Lipinski definition) is 7. The molecule has 5 N–H and O–H groups in total. The first-order chi connectivity index (χ1) is 12.8. The predicted molar refractivity (Wildman–Crippen MR) is 104 cm³/mol. The van der Waals surface area contributed by atoms with Gasteiger partial charge in [-0.3, -0.25) is 9.27 Å². The van der Waals surface area contributed by atoms with Gasteiger partial charge in [0.05, 0.1) is 26.1 Å². The standard InChI is InChI=1S/C15H19N3O7S3/c1-3-17-28(24,25)18-11-5-7-13(16)15(8-11)26(19,20)12-6-4-10(2)14(9-12)27(21,22)23/h4-9,17-18H,3,16H2,1-2H3,(H,21,22,23). The Balaban J connectivity index is 2.60. The highest BCUT2D eigenvalue weighted by atomic mass is 32.2. The van der Waals surface area contributed by atoms with E-state index in [0.29, 0.717) is 0 Å². The largest absolute Gasteiger partial charge is 0.398 e. The molecule has 13 heteroatoms. The molecular formula is C15H19N3O7S3. The molecule has 10 nitrogen and oxygen atoms in total. The van der Waals surface area contributed by atoms with Gasteiger partial charge in [0.25, 0.3) is 20.3 Å². The lowest BCUT2D eigenvalue weighted by atomic mass is 10.2. The quantitative estimate of drug-likeness (QED) is 0.357. The van der Waals surface area contributed by atoms with Crippen LogP contribution in [0.1, 0.15) is 12.5 Å². The van der Waals surface area contributed by atoms with Crippen LogP contribution in [0.4, 0.5) is 11.4 Å². The number of anilines is 2. The van der Waals surface area contributed by atoms with Crippen molar-refractivity contribution < 1.29 is 29.8 Å². The Hall–Kier alpha value is -2.19. The van der Waals surface area contributed by atoms with Crippen LogP contribution >= 0.6 is 0 Å². The minimum absolute atomic E-state index is 0.0594. The van der Waals surface area contributed by atoms with E-state index in [1.54, 1.807) is 6.92 Å². The number of hydrogen-bond donors (Lipinski definition) is 4. The summed E-state index contributed by atoms with van der Waals surface area (Å²) in [5, 5.41) is 0. The molecule has 0 aliphatic rings. The second kappa shape index (κ2) is 7.67. The highest BCUT2D eigenvalue weighted by Gasteiger charge is 2.25. The highest BCUT2D eigenvalue weighted by Crippen LogP contribution is 2.30. The van der Waals surface area contributed by atoms with Crippen LogP contribution in [-0.2, 0) is 30.2 Å². The highest BCUT2D eigenvalue weighted by molar-refractivity contribution is 7.92. The van der Waals surface area contributed by atoms with Gasteiger partial charge in [-0.1, -0.05) is 13.0 Å². The summed E-state index contributed by atoms with van der Waals surface area (Å²) in [7, 11) is -12.9. The fourth-order valence-electron chi connectivity index (χ4n) is 2.36. The van der Waals surface area contributed by atoms with Crippen molar-refractivity contribution in [2.24, 2.45) is 0 Å². The third kappa shape index (κ3) is 4.80. The summed E-state index contributed by atoms with van der Waals surface area (Å²) in [6.45, 7) is 3.09. The maximum absolute atomic E-state index is 12.9. The lowest BCUT2D eigenvalue weighted by Gasteiger charge is -2.13. The molecule has 2 aromatic rings. The Morgan fingerprint density at radius 1 is 0.964 bits per heavy atom. The summed E-state index contributed by atoms with van der Waals surface area (Å²) in [6.07, 6.45) is 0. The number of aryl methyl sites for hydroxylation is 1. The Kier molecular flexibility index (Phi) is 6.06. The first-order valence-corrected chi connectivity index (χ1v) is 12.2. The van der Waals surface area contributed by atoms with Crippen LogP contribution in [0.25, 0.3) is 0 Å². The molecule has 2 rings (SSSR count). The predicted octanol–water partition coefficient (Wildman–Crippen LogP) is 0.923. The molecule has 2 aromatic carbocycles. The van der Waals surface area contributed by atoms with Crippen molar-refractivity contribution in [1.29, 1.82) is 0 Å². The molecule has 28 heavy (non-hydrogen) atoms. The second-order valence-corrected chi connectivity index (χ2v) is 10.6. The average molecular weight is 450 g/mol. The van der Waals surface area contributed by atoms with E-state index in [-0.39, 0.29) is 23.5 Å². The number of nitrogen functional groups attached to an aromatic ring is 1. The maximum Gasteiger partial charge on any atom is 0.299 e. The first kappa shape index (κ1) is 22.1. The molecule has 0 bridgehead atoms. The molecule has 0 saturated heterocycles. The summed E-state index contributed by atoms with van der Waals surface area (Å²) in [4.78, 5) is -1.41. The normalized spacial score (nSPS) is 12.7. The van der Waals surface area contributed by atoms with Crippen LogP contribution in [0.3, 0.4) is 0 Å². The van der Waals surface area contributed by atoms with Gasteiger partial charge in [0.2, 0.25) is 9.84 Å². The van der Waals surface area contributed by atoms with Crippen LogP contribution in [0.2, 0.25) is 0 Å². The number of nitrogens with two attached hydrogens (primary N) is 1. The molecule has 0 aliphatic carbocycles. The summed E-state index contributed by atoms with van der Waals surface area (Å²) >= 11 is 0. The number of rotatable bonds is 7. The number of benzene rings is 2. The Bertz CT molecular complexity index is 1220. The third-order valence-corrected chi connectivity index (χ3v) is 7.61. The smallest absolute Gasteiger partial charge is 0.299 e. The van der Waals surface area contributed by atoms with Crippen molar-refractivity contribution in [3.63, 3.8) is 0 Å². The Morgan fingerprint density at radius 3 is 2.18 bits per heavy atom. The molecular weight excluding hydrogens is 430 g/mol. The second-order valence-electron chi connectivity index (χ2n) is 5.76. The molecule has 0 unspecified atom stereocenters. The van der Waals surface area contributed by atoms with E-state index in [9.17, 15) is 29.8 Å². The first-order valence-electron chi connectivity index (χ1n) is 7.78. The van der Waals surface area contributed by atoms with Gasteiger partial charge in [-0.05, 0) is 42.8 Å². The minimum Gasteiger partial charge on any atom is -0.398 e. The van der Waals surface area contributed by atoms with E-state index in [2.05, 4.69) is 9.44 Å². The van der Waals surface area contributed by atoms with E-state index in [4.69, 9.17) is 5.73 Å². The fourth-order valence-corrected chi connectivity index (χ4v) is 5.51. The zero-order chi connectivity index (χ0) is 21.3. The molecule has 0 saturated carbocycles. The third-order valence-electron chi connectivity index (χ3n) is 3.64. The van der Waals surface area contributed by atoms with Gasteiger partial charge in [-0.25, -0.2) is 8.42 Å². The number of sulfone groups is 1. The van der Waals surface area contributed by atoms with Crippen LogP contribution in [-0.4, -0.2) is 36.4 Å². The van der Waals surface area contributed by atoms with Gasteiger partial charge in [-0.2, -0.15) is 21.6 Å². The van der Waals surface area contributed by atoms with Gasteiger partial charge in [-0.15, -0.1) is 0 Å². The minimum atomic E-state index is -4.64. The molecule has 0 heterocycles. The lowest BCUT2D eigenvalue weighted by Crippen LogP contribution is -2.29. The molecule has 0 fully saturated rings. The maximum atomic E-state index is 12.9. The topological polar surface area (TPSA) is 173 Å². The van der Waals surface area contributed by atoms with Crippen LogP contribution in [0.15, 0.2) is 51.1 Å². The summed E-state index contributed by atoms with van der Waals surface area (Å²) in [5.41, 5.74) is 5.68. The van der Waals surface area contributed by atoms with Crippen molar-refractivity contribution in [2.75, 3.05) is 17.0 Å². The molecule has 0 spiro atoms. The Labute approximate surface area is 163 Å². The summed E-state index contributed by atoms with van der Waals surface area (Å²) in [6, 6.07) is 6.70. The zero-order valence-corrected chi connectivity index (χ0v) is 17.3. The van der Waals surface area contributed by atoms with Gasteiger partial charge >= 0.3 is 0 Å². The van der Waals surface area contributed by atoms with Crippen molar-refractivity contribution in [3.05, 3.63) is 42.0 Å². The summed E-state index contributed by atoms with van der Waals surface area (Å²) < 4.78 is 86.1. The number of nitrogens with one attached hydrogen (secondary N) is 2. The molecule has 0 atom stereocenters. The molecule has 154 valence electrons. The van der Waals surface area contributed by atoms with Crippen LogP contribution in [0, 0.1) is 6.92 Å². The SMILES string of the molecule is CCNS(=O)(=O)Nc1ccc(N)c(S(=O)(=O)c2ccc(C)c(S(=O)(=O)O)c2)c1. The van der Waals surface area contributed by atoms with Crippen LogP contribution < -0.4 is 15.2 Å². The van der Waals surface area contributed by atoms with E-state index >= 15 is 0 Å². The average Bonchev–Trinajstić information content (AvgIpc) is 2.55. The van der Waals surface area contributed by atoms with E-state index in [1.807, 2.05) is 0 Å². The fraction of sp³-hybridized carbons (Fsp3) is 0.200. The van der Waals surface area contributed by atoms with Gasteiger partial charge in [0.1, 0.15) is 0 Å². The molecule has 0 radical (unpaired) electrons. The van der Waals surface area contributed by atoms with E-state index < -0.39 is 44.9 Å². The van der Waals surface area contributed by atoms with Crippen molar-refractivity contribution in [3.8, 4) is 0 Å². The summed E-state index contributed by atoms with van der Waals surface area (Å²) in [5.74, 6) is 0. The van der Waals surface area contributed by atoms with Gasteiger partial charge in [0, 0.05) is 6.54 Å². The zero-order valence-electron chi connectivity index (χ0n) is 14.9. The lowest BCUT2D eigenvalue weighted by molar-refractivity contribution is 0.482. The Morgan fingerprint density at radius 2 is 1.61 bits per heavy atom. The van der Waals surface area contributed by atoms with Crippen molar-refractivity contribution in [2.45, 2.75) is 28.5 Å². The van der Waals surface area contributed by atoms with Crippen molar-refractivity contribution >= 4 is 41.5 Å². The monoisotopic (exact) mass is 449 g/mol. The van der Waals surface area contributed by atoms with Crippen LogP contribution in [0.5, 0.6) is 0 Å². The van der Waals surface area contributed by atoms with E-state index in [0.717, 1.165) is 18.2 Å². The van der Waals surface area contributed by atoms with Crippen molar-refractivity contribution in [1.82, 2.24) is 4.72 Å². The molecule has 0 amide bonds. The van der Waals surface area contributed by atoms with Gasteiger partial charge in [0.15, 0.2) is 0 Å². The van der Waals surface area contributed by atoms with E-state index in [1.165, 1.54) is 25.1 Å². The molecule has 0 aliphatic heterocycles. The molecule has 0 aromatic heterocycles.